The molecule has 3 aromatic rings. The van der Waals surface area contributed by atoms with E-state index in [0.29, 0.717) is 11.4 Å². The van der Waals surface area contributed by atoms with Gasteiger partial charge in [-0.1, -0.05) is 30.3 Å². The highest BCUT2D eigenvalue weighted by Gasteiger charge is 2.18. The molecular formula is C18H13F2NO2. The van der Waals surface area contributed by atoms with Crippen LogP contribution < -0.4 is 10.1 Å². The molecule has 1 N–H and O–H groups in total. The standard InChI is InChI=1S/C18H13F2NO2/c1-23-16-10-9-15(11-5-2-3-6-12(11)16)21-18(22)17-13(19)7-4-8-14(17)20/h2-10H,1H3,(H,21,22). The summed E-state index contributed by atoms with van der Waals surface area (Å²) in [5.41, 5.74) is -0.151. The number of anilines is 1. The monoisotopic (exact) mass is 313 g/mol. The zero-order valence-electron chi connectivity index (χ0n) is 12.3. The van der Waals surface area contributed by atoms with Crippen LogP contribution in [0.2, 0.25) is 0 Å². The molecule has 0 spiro atoms. The third-order valence-corrected chi connectivity index (χ3v) is 3.54. The van der Waals surface area contributed by atoms with Gasteiger partial charge in [-0.15, -0.1) is 0 Å². The summed E-state index contributed by atoms with van der Waals surface area (Å²) in [4.78, 5) is 12.2. The highest BCUT2D eigenvalue weighted by Crippen LogP contribution is 2.31. The smallest absolute Gasteiger partial charge is 0.261 e. The van der Waals surface area contributed by atoms with Gasteiger partial charge in [0, 0.05) is 16.5 Å². The van der Waals surface area contributed by atoms with Crippen molar-refractivity contribution in [3.63, 3.8) is 0 Å². The molecule has 0 aliphatic carbocycles. The second-order valence-corrected chi connectivity index (χ2v) is 4.91. The number of amides is 1. The van der Waals surface area contributed by atoms with Crippen LogP contribution in [-0.2, 0) is 0 Å². The van der Waals surface area contributed by atoms with E-state index in [4.69, 9.17) is 4.74 Å². The Hall–Kier alpha value is -2.95. The minimum Gasteiger partial charge on any atom is -0.496 e. The number of hydrogen-bond acceptors (Lipinski definition) is 2. The first-order chi connectivity index (χ1) is 11.1. The molecule has 3 aromatic carbocycles. The van der Waals surface area contributed by atoms with Crippen molar-refractivity contribution in [2.45, 2.75) is 0 Å². The van der Waals surface area contributed by atoms with Gasteiger partial charge in [-0.2, -0.15) is 0 Å². The van der Waals surface area contributed by atoms with E-state index in [1.54, 1.807) is 31.4 Å². The zero-order valence-corrected chi connectivity index (χ0v) is 12.3. The Bertz CT molecular complexity index is 873. The molecule has 0 aromatic heterocycles. The largest absolute Gasteiger partial charge is 0.496 e. The molecule has 0 radical (unpaired) electrons. The van der Waals surface area contributed by atoms with E-state index < -0.39 is 23.1 Å². The number of methoxy groups -OCH3 is 1. The lowest BCUT2D eigenvalue weighted by Crippen LogP contribution is -2.16. The summed E-state index contributed by atoms with van der Waals surface area (Å²) in [5, 5.41) is 4.07. The van der Waals surface area contributed by atoms with Crippen molar-refractivity contribution in [3.05, 3.63) is 71.8 Å². The highest BCUT2D eigenvalue weighted by atomic mass is 19.1. The van der Waals surface area contributed by atoms with Crippen LogP contribution in [0.25, 0.3) is 10.8 Å². The molecule has 0 aliphatic rings. The fourth-order valence-corrected chi connectivity index (χ4v) is 2.46. The number of carbonyl (C=O) groups excluding carboxylic acids is 1. The predicted octanol–water partition coefficient (Wildman–Crippen LogP) is 4.38. The highest BCUT2D eigenvalue weighted by molar-refractivity contribution is 6.10. The Labute approximate surface area is 131 Å². The minimum absolute atomic E-state index is 0.453. The molecule has 0 fully saturated rings. The molecule has 0 atom stereocenters. The number of fused-ring (bicyclic) bond motifs is 1. The van der Waals surface area contributed by atoms with Gasteiger partial charge in [-0.3, -0.25) is 4.79 Å². The normalized spacial score (nSPS) is 10.6. The summed E-state index contributed by atoms with van der Waals surface area (Å²) in [6, 6.07) is 13.9. The van der Waals surface area contributed by atoms with Crippen molar-refractivity contribution in [2.75, 3.05) is 12.4 Å². The number of nitrogens with one attached hydrogen (secondary N) is 1. The molecule has 5 heteroatoms. The zero-order chi connectivity index (χ0) is 16.4. The summed E-state index contributed by atoms with van der Waals surface area (Å²) < 4.78 is 32.7. The molecule has 1 amide bonds. The number of ether oxygens (including phenoxy) is 1. The molecular weight excluding hydrogens is 300 g/mol. The lowest BCUT2D eigenvalue weighted by Gasteiger charge is -2.12. The van der Waals surface area contributed by atoms with Crippen LogP contribution in [0.3, 0.4) is 0 Å². The molecule has 116 valence electrons. The molecule has 0 saturated carbocycles. The van der Waals surface area contributed by atoms with E-state index >= 15 is 0 Å². The van der Waals surface area contributed by atoms with Crippen LogP contribution in [0.4, 0.5) is 14.5 Å². The molecule has 0 aliphatic heterocycles. The Kier molecular flexibility index (Phi) is 3.93. The van der Waals surface area contributed by atoms with E-state index in [9.17, 15) is 13.6 Å². The Morgan fingerprint density at radius 2 is 1.57 bits per heavy atom. The number of benzene rings is 3. The van der Waals surface area contributed by atoms with E-state index in [-0.39, 0.29) is 0 Å². The maximum atomic E-state index is 13.7. The van der Waals surface area contributed by atoms with Gasteiger partial charge in [0.25, 0.3) is 5.91 Å². The Morgan fingerprint density at radius 1 is 0.913 bits per heavy atom. The average Bonchev–Trinajstić information content (AvgIpc) is 2.55. The maximum absolute atomic E-state index is 13.7. The summed E-state index contributed by atoms with van der Waals surface area (Å²) >= 11 is 0. The second kappa shape index (κ2) is 6.04. The summed E-state index contributed by atoms with van der Waals surface area (Å²) in [6.45, 7) is 0. The maximum Gasteiger partial charge on any atom is 0.261 e. The minimum atomic E-state index is -0.902. The molecule has 0 bridgehead atoms. The van der Waals surface area contributed by atoms with Crippen LogP contribution in [0.15, 0.2) is 54.6 Å². The van der Waals surface area contributed by atoms with Gasteiger partial charge in [0.1, 0.15) is 22.9 Å². The number of carbonyl (C=O) groups is 1. The molecule has 0 heterocycles. The SMILES string of the molecule is COc1ccc(NC(=O)c2c(F)cccc2F)c2ccccc12. The number of rotatable bonds is 3. The fraction of sp³-hybridized carbons (Fsp3) is 0.0556. The van der Waals surface area contributed by atoms with Crippen molar-refractivity contribution >= 4 is 22.4 Å². The molecule has 0 unspecified atom stereocenters. The summed E-state index contributed by atoms with van der Waals surface area (Å²) in [7, 11) is 1.55. The van der Waals surface area contributed by atoms with Crippen LogP contribution in [-0.4, -0.2) is 13.0 Å². The van der Waals surface area contributed by atoms with Crippen LogP contribution in [0.5, 0.6) is 5.75 Å². The second-order valence-electron chi connectivity index (χ2n) is 4.91. The quantitative estimate of drug-likeness (QED) is 0.779. The topological polar surface area (TPSA) is 38.3 Å². The lowest BCUT2D eigenvalue weighted by atomic mass is 10.1. The van der Waals surface area contributed by atoms with Gasteiger partial charge in [0.15, 0.2) is 0 Å². The van der Waals surface area contributed by atoms with Gasteiger partial charge >= 0.3 is 0 Å². The first-order valence-electron chi connectivity index (χ1n) is 6.93. The van der Waals surface area contributed by atoms with Gasteiger partial charge in [0.05, 0.1) is 7.11 Å². The van der Waals surface area contributed by atoms with Gasteiger partial charge < -0.3 is 10.1 Å². The summed E-state index contributed by atoms with van der Waals surface area (Å²) in [6.07, 6.45) is 0. The fourth-order valence-electron chi connectivity index (χ4n) is 2.46. The van der Waals surface area contributed by atoms with Gasteiger partial charge in [0.2, 0.25) is 0 Å². The molecule has 23 heavy (non-hydrogen) atoms. The van der Waals surface area contributed by atoms with Crippen LogP contribution in [0.1, 0.15) is 10.4 Å². The Balaban J connectivity index is 2.04. The third-order valence-electron chi connectivity index (χ3n) is 3.54. The van der Waals surface area contributed by atoms with Crippen LogP contribution in [0, 0.1) is 11.6 Å². The lowest BCUT2D eigenvalue weighted by molar-refractivity contribution is 0.101. The van der Waals surface area contributed by atoms with Crippen LogP contribution >= 0.6 is 0 Å². The van der Waals surface area contributed by atoms with E-state index in [1.807, 2.05) is 12.1 Å². The Morgan fingerprint density at radius 3 is 2.22 bits per heavy atom. The van der Waals surface area contributed by atoms with Crippen molar-refractivity contribution in [1.29, 1.82) is 0 Å². The number of halogens is 2. The van der Waals surface area contributed by atoms with Crippen molar-refractivity contribution < 1.29 is 18.3 Å². The molecule has 0 saturated heterocycles. The van der Waals surface area contributed by atoms with Gasteiger partial charge in [-0.05, 0) is 24.3 Å². The summed E-state index contributed by atoms with van der Waals surface area (Å²) in [5.74, 6) is -1.99. The van der Waals surface area contributed by atoms with Gasteiger partial charge in [-0.25, -0.2) is 8.78 Å². The first-order valence-corrected chi connectivity index (χ1v) is 6.93. The van der Waals surface area contributed by atoms with Crippen molar-refractivity contribution in [3.8, 4) is 5.75 Å². The van der Waals surface area contributed by atoms with Crippen molar-refractivity contribution in [2.24, 2.45) is 0 Å². The first kappa shape index (κ1) is 15.0. The van der Waals surface area contributed by atoms with Crippen molar-refractivity contribution in [1.82, 2.24) is 0 Å². The van der Waals surface area contributed by atoms with E-state index in [0.717, 1.165) is 22.9 Å². The number of hydrogen-bond donors (Lipinski definition) is 1. The van der Waals surface area contributed by atoms with E-state index in [1.165, 1.54) is 6.07 Å². The van der Waals surface area contributed by atoms with E-state index in [2.05, 4.69) is 5.32 Å². The molecule has 3 nitrogen and oxygen atoms in total. The molecule has 3 rings (SSSR count). The third kappa shape index (κ3) is 2.73. The predicted molar refractivity (Wildman–Crippen MR) is 84.8 cm³/mol. The average molecular weight is 313 g/mol.